The van der Waals surface area contributed by atoms with Crippen LogP contribution in [0.5, 0.6) is 5.75 Å². The first-order valence-electron chi connectivity index (χ1n) is 6.35. The highest BCUT2D eigenvalue weighted by Crippen LogP contribution is 2.12. The SMILES string of the molecule is CCCOc1ccc(CNC(C)CC(N)=O)cc1. The van der Waals surface area contributed by atoms with Gasteiger partial charge in [-0.05, 0) is 31.0 Å². The van der Waals surface area contributed by atoms with Gasteiger partial charge in [-0.2, -0.15) is 0 Å². The summed E-state index contributed by atoms with van der Waals surface area (Å²) in [5.74, 6) is 0.615. The third kappa shape index (κ3) is 5.68. The van der Waals surface area contributed by atoms with E-state index in [1.165, 1.54) is 0 Å². The smallest absolute Gasteiger partial charge is 0.218 e. The molecule has 1 amide bonds. The normalized spacial score (nSPS) is 12.1. The van der Waals surface area contributed by atoms with Gasteiger partial charge in [0.05, 0.1) is 6.61 Å². The average molecular weight is 250 g/mol. The Hall–Kier alpha value is -1.55. The molecule has 1 rings (SSSR count). The van der Waals surface area contributed by atoms with E-state index in [0.29, 0.717) is 6.42 Å². The lowest BCUT2D eigenvalue weighted by molar-refractivity contribution is -0.118. The second kappa shape index (κ2) is 7.71. The molecule has 0 radical (unpaired) electrons. The standard InChI is InChI=1S/C14H22N2O2/c1-3-8-18-13-6-4-12(5-7-13)10-16-11(2)9-14(15)17/h4-7,11,16H,3,8-10H2,1-2H3,(H2,15,17). The minimum atomic E-state index is -0.279. The third-order valence-corrected chi connectivity index (χ3v) is 2.56. The van der Waals surface area contributed by atoms with Crippen LogP contribution in [0.3, 0.4) is 0 Å². The summed E-state index contributed by atoms with van der Waals surface area (Å²) >= 11 is 0. The molecule has 0 spiro atoms. The van der Waals surface area contributed by atoms with E-state index in [-0.39, 0.29) is 11.9 Å². The maximum absolute atomic E-state index is 10.7. The number of ether oxygens (including phenoxy) is 1. The van der Waals surface area contributed by atoms with Gasteiger partial charge < -0.3 is 15.8 Å². The number of nitrogens with one attached hydrogen (secondary N) is 1. The number of amides is 1. The van der Waals surface area contributed by atoms with Gasteiger partial charge in [-0.1, -0.05) is 19.1 Å². The number of carbonyl (C=O) groups excluding carboxylic acids is 1. The third-order valence-electron chi connectivity index (χ3n) is 2.56. The van der Waals surface area contributed by atoms with Crippen LogP contribution in [0.1, 0.15) is 32.3 Å². The fourth-order valence-corrected chi connectivity index (χ4v) is 1.59. The average Bonchev–Trinajstić information content (AvgIpc) is 2.34. The van der Waals surface area contributed by atoms with Gasteiger partial charge in [0.15, 0.2) is 0 Å². The molecular formula is C14H22N2O2. The van der Waals surface area contributed by atoms with Crippen LogP contribution in [0, 0.1) is 0 Å². The zero-order chi connectivity index (χ0) is 13.4. The van der Waals surface area contributed by atoms with E-state index in [9.17, 15) is 4.79 Å². The Morgan fingerprint density at radius 2 is 2.06 bits per heavy atom. The van der Waals surface area contributed by atoms with Crippen LogP contribution in [0.25, 0.3) is 0 Å². The van der Waals surface area contributed by atoms with Gasteiger partial charge in [-0.15, -0.1) is 0 Å². The molecule has 1 aromatic rings. The van der Waals surface area contributed by atoms with Gasteiger partial charge in [-0.25, -0.2) is 0 Å². The number of carbonyl (C=O) groups is 1. The second-order valence-corrected chi connectivity index (χ2v) is 4.44. The molecule has 18 heavy (non-hydrogen) atoms. The molecule has 0 aromatic heterocycles. The van der Waals surface area contributed by atoms with E-state index in [4.69, 9.17) is 10.5 Å². The van der Waals surface area contributed by atoms with Crippen LogP contribution in [0.15, 0.2) is 24.3 Å². The number of rotatable bonds is 8. The highest BCUT2D eigenvalue weighted by Gasteiger charge is 2.05. The minimum Gasteiger partial charge on any atom is -0.494 e. The molecule has 0 aliphatic rings. The molecule has 0 heterocycles. The number of benzene rings is 1. The fraction of sp³-hybridized carbons (Fsp3) is 0.500. The number of nitrogens with two attached hydrogens (primary N) is 1. The maximum Gasteiger partial charge on any atom is 0.218 e. The van der Waals surface area contributed by atoms with E-state index in [2.05, 4.69) is 12.2 Å². The van der Waals surface area contributed by atoms with Gasteiger partial charge in [0, 0.05) is 19.0 Å². The van der Waals surface area contributed by atoms with Gasteiger partial charge in [0.1, 0.15) is 5.75 Å². The van der Waals surface area contributed by atoms with Gasteiger partial charge in [0.25, 0.3) is 0 Å². The van der Waals surface area contributed by atoms with Crippen LogP contribution < -0.4 is 15.8 Å². The zero-order valence-electron chi connectivity index (χ0n) is 11.1. The molecule has 4 nitrogen and oxygen atoms in total. The highest BCUT2D eigenvalue weighted by atomic mass is 16.5. The van der Waals surface area contributed by atoms with Crippen molar-refractivity contribution in [3.8, 4) is 5.75 Å². The van der Waals surface area contributed by atoms with Crippen molar-refractivity contribution < 1.29 is 9.53 Å². The Balaban J connectivity index is 2.36. The molecule has 3 N–H and O–H groups in total. The van der Waals surface area contributed by atoms with Crippen molar-refractivity contribution in [2.75, 3.05) is 6.61 Å². The van der Waals surface area contributed by atoms with E-state index >= 15 is 0 Å². The van der Waals surface area contributed by atoms with Crippen molar-refractivity contribution in [3.05, 3.63) is 29.8 Å². The van der Waals surface area contributed by atoms with Crippen molar-refractivity contribution in [1.29, 1.82) is 0 Å². The van der Waals surface area contributed by atoms with Crippen LogP contribution in [-0.2, 0) is 11.3 Å². The largest absolute Gasteiger partial charge is 0.494 e. The Kier molecular flexibility index (Phi) is 6.22. The Bertz CT molecular complexity index is 363. The summed E-state index contributed by atoms with van der Waals surface area (Å²) in [5, 5.41) is 3.25. The molecule has 0 aliphatic carbocycles. The van der Waals surface area contributed by atoms with Gasteiger partial charge in [0.2, 0.25) is 5.91 Å². The van der Waals surface area contributed by atoms with Crippen molar-refractivity contribution in [2.24, 2.45) is 5.73 Å². The lowest BCUT2D eigenvalue weighted by atomic mass is 10.2. The molecular weight excluding hydrogens is 228 g/mol. The first-order valence-corrected chi connectivity index (χ1v) is 6.35. The lowest BCUT2D eigenvalue weighted by Gasteiger charge is -2.12. The Morgan fingerprint density at radius 3 is 2.61 bits per heavy atom. The Labute approximate surface area is 109 Å². The molecule has 0 fully saturated rings. The first kappa shape index (κ1) is 14.5. The van der Waals surface area contributed by atoms with Crippen molar-refractivity contribution in [3.63, 3.8) is 0 Å². The summed E-state index contributed by atoms with van der Waals surface area (Å²) in [6, 6.07) is 8.07. The van der Waals surface area contributed by atoms with E-state index < -0.39 is 0 Å². The number of hydrogen-bond acceptors (Lipinski definition) is 3. The molecule has 0 bridgehead atoms. The molecule has 0 saturated carbocycles. The van der Waals surface area contributed by atoms with Gasteiger partial charge >= 0.3 is 0 Å². The predicted molar refractivity (Wildman–Crippen MR) is 72.3 cm³/mol. The monoisotopic (exact) mass is 250 g/mol. The maximum atomic E-state index is 10.7. The van der Waals surface area contributed by atoms with Crippen LogP contribution >= 0.6 is 0 Å². The van der Waals surface area contributed by atoms with Crippen molar-refractivity contribution in [2.45, 2.75) is 39.3 Å². The van der Waals surface area contributed by atoms with Crippen molar-refractivity contribution >= 4 is 5.91 Å². The summed E-state index contributed by atoms with van der Waals surface area (Å²) in [5.41, 5.74) is 6.30. The summed E-state index contributed by atoms with van der Waals surface area (Å²) < 4.78 is 5.51. The second-order valence-electron chi connectivity index (χ2n) is 4.44. The van der Waals surface area contributed by atoms with Crippen LogP contribution in [-0.4, -0.2) is 18.6 Å². The minimum absolute atomic E-state index is 0.0958. The lowest BCUT2D eigenvalue weighted by Crippen LogP contribution is -2.30. The summed E-state index contributed by atoms with van der Waals surface area (Å²) in [4.78, 5) is 10.7. The van der Waals surface area contributed by atoms with E-state index in [0.717, 1.165) is 30.9 Å². The molecule has 1 unspecified atom stereocenters. The van der Waals surface area contributed by atoms with E-state index in [1.807, 2.05) is 31.2 Å². The topological polar surface area (TPSA) is 64.3 Å². The zero-order valence-corrected chi connectivity index (χ0v) is 11.1. The fourth-order valence-electron chi connectivity index (χ4n) is 1.59. The van der Waals surface area contributed by atoms with Gasteiger partial charge in [-0.3, -0.25) is 4.79 Å². The number of primary amides is 1. The molecule has 0 aliphatic heterocycles. The highest BCUT2D eigenvalue weighted by molar-refractivity contribution is 5.74. The summed E-state index contributed by atoms with van der Waals surface area (Å²) in [7, 11) is 0. The number of hydrogen-bond donors (Lipinski definition) is 2. The first-order chi connectivity index (χ1) is 8.61. The van der Waals surface area contributed by atoms with Crippen molar-refractivity contribution in [1.82, 2.24) is 5.32 Å². The van der Waals surface area contributed by atoms with E-state index in [1.54, 1.807) is 0 Å². The van der Waals surface area contributed by atoms with Crippen LogP contribution in [0.4, 0.5) is 0 Å². The molecule has 100 valence electrons. The Morgan fingerprint density at radius 1 is 1.39 bits per heavy atom. The summed E-state index contributed by atoms with van der Waals surface area (Å²) in [6.45, 7) is 5.50. The molecule has 1 aromatic carbocycles. The predicted octanol–water partition coefficient (Wildman–Crippen LogP) is 1.83. The summed E-state index contributed by atoms with van der Waals surface area (Å²) in [6.07, 6.45) is 1.37. The van der Waals surface area contributed by atoms with Crippen LogP contribution in [0.2, 0.25) is 0 Å². The molecule has 4 heteroatoms. The quantitative estimate of drug-likeness (QED) is 0.740. The molecule has 0 saturated heterocycles. The molecule has 1 atom stereocenters.